The van der Waals surface area contributed by atoms with Crippen molar-refractivity contribution in [3.8, 4) is 0 Å². The lowest BCUT2D eigenvalue weighted by atomic mass is 10.1. The Balaban J connectivity index is 1.63. The Hall–Kier alpha value is -3.01. The van der Waals surface area contributed by atoms with Gasteiger partial charge in [-0.05, 0) is 42.8 Å². The van der Waals surface area contributed by atoms with Crippen molar-refractivity contribution in [1.29, 1.82) is 0 Å². The minimum absolute atomic E-state index is 0.131. The van der Waals surface area contributed by atoms with Crippen LogP contribution < -0.4 is 5.32 Å². The first-order chi connectivity index (χ1) is 14.3. The Morgan fingerprint density at radius 1 is 1.13 bits per heavy atom. The van der Waals surface area contributed by atoms with E-state index in [9.17, 15) is 22.4 Å². The molecule has 2 aromatic heterocycles. The molecule has 10 heteroatoms. The molecular formula is C20H16F4N4OS. The SMILES string of the molecule is Cn1c(Nc2nc3ccc(C(F)(F)F)cc3s2)nc2cc(C(=O)CCCF)ccc21. The molecule has 30 heavy (non-hydrogen) atoms. The third kappa shape index (κ3) is 3.87. The first-order valence-electron chi connectivity index (χ1n) is 9.07. The number of Topliss-reactive ketones (excluding diaryl/α,β-unsaturated/α-hetero) is 1. The van der Waals surface area contributed by atoms with Gasteiger partial charge in [-0.3, -0.25) is 9.18 Å². The first-order valence-corrected chi connectivity index (χ1v) is 9.88. The summed E-state index contributed by atoms with van der Waals surface area (Å²) in [5.74, 6) is 0.287. The van der Waals surface area contributed by atoms with Gasteiger partial charge in [0.05, 0.1) is 33.5 Å². The lowest BCUT2D eigenvalue weighted by molar-refractivity contribution is -0.137. The number of halogens is 4. The van der Waals surface area contributed by atoms with Gasteiger partial charge >= 0.3 is 6.18 Å². The predicted octanol–water partition coefficient (Wildman–Crippen LogP) is 5.88. The van der Waals surface area contributed by atoms with Gasteiger partial charge < -0.3 is 9.88 Å². The molecule has 0 aliphatic carbocycles. The average Bonchev–Trinajstić information content (AvgIpc) is 3.25. The normalized spacial score (nSPS) is 12.0. The molecule has 1 N–H and O–H groups in total. The number of hydrogen-bond donors (Lipinski definition) is 1. The maximum atomic E-state index is 12.9. The van der Waals surface area contributed by atoms with Crippen LogP contribution in [-0.2, 0) is 13.2 Å². The summed E-state index contributed by atoms with van der Waals surface area (Å²) >= 11 is 1.09. The number of benzene rings is 2. The molecule has 2 aromatic carbocycles. The van der Waals surface area contributed by atoms with Gasteiger partial charge in [-0.1, -0.05) is 11.3 Å². The smallest absolute Gasteiger partial charge is 0.313 e. The molecule has 0 saturated heterocycles. The molecule has 0 atom stereocenters. The zero-order chi connectivity index (χ0) is 21.5. The fraction of sp³-hybridized carbons (Fsp3) is 0.250. The fourth-order valence-electron chi connectivity index (χ4n) is 3.11. The van der Waals surface area contributed by atoms with Crippen molar-refractivity contribution in [3.05, 3.63) is 47.5 Å². The zero-order valence-corrected chi connectivity index (χ0v) is 16.6. The summed E-state index contributed by atoms with van der Waals surface area (Å²) in [6.07, 6.45) is -4.10. The number of rotatable bonds is 6. The van der Waals surface area contributed by atoms with E-state index in [1.54, 1.807) is 29.8 Å². The summed E-state index contributed by atoms with van der Waals surface area (Å²) in [4.78, 5) is 20.9. The largest absolute Gasteiger partial charge is 0.416 e. The number of carbonyl (C=O) groups excluding carboxylic acids is 1. The Morgan fingerprint density at radius 3 is 2.67 bits per heavy atom. The standard InChI is InChI=1S/C20H16F4N4OS/c1-28-15-7-4-11(16(29)3-2-8-21)9-14(15)25-18(28)27-19-26-13-6-5-12(20(22,23)24)10-17(13)30-19/h4-7,9-10H,2-3,8H2,1H3,(H,25,26,27). The minimum atomic E-state index is -4.41. The summed E-state index contributed by atoms with van der Waals surface area (Å²) in [7, 11) is 1.78. The van der Waals surface area contributed by atoms with Crippen LogP contribution in [0.5, 0.6) is 0 Å². The molecule has 0 aliphatic rings. The topological polar surface area (TPSA) is 59.8 Å². The Morgan fingerprint density at radius 2 is 1.93 bits per heavy atom. The van der Waals surface area contributed by atoms with E-state index in [1.165, 1.54) is 6.07 Å². The maximum absolute atomic E-state index is 12.9. The number of alkyl halides is 4. The number of fused-ring (bicyclic) bond motifs is 2. The fourth-order valence-corrected chi connectivity index (χ4v) is 4.01. The Labute approximate surface area is 172 Å². The van der Waals surface area contributed by atoms with Crippen LogP contribution in [0.4, 0.5) is 28.6 Å². The van der Waals surface area contributed by atoms with E-state index >= 15 is 0 Å². The second kappa shape index (κ2) is 7.67. The second-order valence-electron chi connectivity index (χ2n) is 6.74. The van der Waals surface area contributed by atoms with Crippen molar-refractivity contribution >= 4 is 49.4 Å². The van der Waals surface area contributed by atoms with E-state index in [0.717, 1.165) is 29.0 Å². The van der Waals surface area contributed by atoms with Crippen LogP contribution in [0.25, 0.3) is 21.3 Å². The molecule has 4 rings (SSSR count). The van der Waals surface area contributed by atoms with Crippen LogP contribution in [0.3, 0.4) is 0 Å². The number of thiazole rings is 1. The van der Waals surface area contributed by atoms with Crippen molar-refractivity contribution in [1.82, 2.24) is 14.5 Å². The van der Waals surface area contributed by atoms with Crippen LogP contribution >= 0.6 is 11.3 Å². The maximum Gasteiger partial charge on any atom is 0.416 e. The molecule has 0 aliphatic heterocycles. The zero-order valence-electron chi connectivity index (χ0n) is 15.8. The van der Waals surface area contributed by atoms with Crippen molar-refractivity contribution in [2.24, 2.45) is 7.05 Å². The third-order valence-electron chi connectivity index (χ3n) is 4.67. The highest BCUT2D eigenvalue weighted by atomic mass is 32.1. The first kappa shape index (κ1) is 20.3. The summed E-state index contributed by atoms with van der Waals surface area (Å²) in [5, 5.41) is 3.44. The molecule has 0 radical (unpaired) electrons. The number of ketones is 1. The number of nitrogens with one attached hydrogen (secondary N) is 1. The molecule has 156 valence electrons. The summed E-state index contributed by atoms with van der Waals surface area (Å²) in [5.41, 5.74) is 1.53. The number of carbonyl (C=O) groups is 1. The second-order valence-corrected chi connectivity index (χ2v) is 7.77. The predicted molar refractivity (Wildman–Crippen MR) is 108 cm³/mol. The molecule has 0 bridgehead atoms. The van der Waals surface area contributed by atoms with E-state index in [1.807, 2.05) is 0 Å². The van der Waals surface area contributed by atoms with E-state index < -0.39 is 18.4 Å². The molecule has 0 fully saturated rings. The van der Waals surface area contributed by atoms with E-state index in [2.05, 4.69) is 15.3 Å². The van der Waals surface area contributed by atoms with Gasteiger partial charge in [-0.15, -0.1) is 0 Å². The number of aromatic nitrogens is 3. The Bertz CT molecular complexity index is 1250. The minimum Gasteiger partial charge on any atom is -0.313 e. The number of anilines is 2. The summed E-state index contributed by atoms with van der Waals surface area (Å²) in [6, 6.07) is 8.48. The van der Waals surface area contributed by atoms with Gasteiger partial charge in [0.25, 0.3) is 0 Å². The van der Waals surface area contributed by atoms with Gasteiger partial charge in [-0.2, -0.15) is 13.2 Å². The molecule has 0 unspecified atom stereocenters. The van der Waals surface area contributed by atoms with E-state index in [0.29, 0.717) is 32.4 Å². The van der Waals surface area contributed by atoms with E-state index in [4.69, 9.17) is 0 Å². The van der Waals surface area contributed by atoms with E-state index in [-0.39, 0.29) is 18.6 Å². The van der Waals surface area contributed by atoms with Gasteiger partial charge in [-0.25, -0.2) is 9.97 Å². The molecule has 5 nitrogen and oxygen atoms in total. The highest BCUT2D eigenvalue weighted by Crippen LogP contribution is 2.35. The van der Waals surface area contributed by atoms with Gasteiger partial charge in [0, 0.05) is 19.0 Å². The quantitative estimate of drug-likeness (QED) is 0.303. The lowest BCUT2D eigenvalue weighted by Crippen LogP contribution is -2.03. The molecule has 0 saturated carbocycles. The molecule has 4 aromatic rings. The highest BCUT2D eigenvalue weighted by Gasteiger charge is 2.30. The van der Waals surface area contributed by atoms with Crippen molar-refractivity contribution in [2.75, 3.05) is 12.0 Å². The number of imidazole rings is 1. The van der Waals surface area contributed by atoms with Gasteiger partial charge in [0.2, 0.25) is 5.95 Å². The summed E-state index contributed by atoms with van der Waals surface area (Å²) in [6.45, 7) is -0.543. The number of hydrogen-bond acceptors (Lipinski definition) is 5. The van der Waals surface area contributed by atoms with Crippen molar-refractivity contribution in [3.63, 3.8) is 0 Å². The van der Waals surface area contributed by atoms with Crippen LogP contribution in [-0.4, -0.2) is 27.0 Å². The Kier molecular flexibility index (Phi) is 5.19. The van der Waals surface area contributed by atoms with Gasteiger partial charge in [0.1, 0.15) is 0 Å². The lowest BCUT2D eigenvalue weighted by Gasteiger charge is -2.04. The van der Waals surface area contributed by atoms with Crippen molar-refractivity contribution in [2.45, 2.75) is 19.0 Å². The monoisotopic (exact) mass is 436 g/mol. The molecule has 0 spiro atoms. The van der Waals surface area contributed by atoms with Crippen molar-refractivity contribution < 1.29 is 22.4 Å². The highest BCUT2D eigenvalue weighted by molar-refractivity contribution is 7.22. The van der Waals surface area contributed by atoms with Gasteiger partial charge in [0.15, 0.2) is 10.9 Å². The van der Waals surface area contributed by atoms with Crippen LogP contribution in [0.15, 0.2) is 36.4 Å². The van der Waals surface area contributed by atoms with Crippen LogP contribution in [0.1, 0.15) is 28.8 Å². The number of nitrogens with zero attached hydrogens (tertiary/aromatic N) is 3. The average molecular weight is 436 g/mol. The molecular weight excluding hydrogens is 420 g/mol. The van der Waals surface area contributed by atoms with Crippen LogP contribution in [0.2, 0.25) is 0 Å². The third-order valence-corrected chi connectivity index (χ3v) is 5.61. The summed E-state index contributed by atoms with van der Waals surface area (Å²) < 4.78 is 53.2. The van der Waals surface area contributed by atoms with Crippen LogP contribution in [0, 0.1) is 0 Å². The molecule has 2 heterocycles. The number of aryl methyl sites for hydroxylation is 1. The molecule has 0 amide bonds.